The summed E-state index contributed by atoms with van der Waals surface area (Å²) in [5.74, 6) is 5.12. The summed E-state index contributed by atoms with van der Waals surface area (Å²) in [6, 6.07) is 10.8. The van der Waals surface area contributed by atoms with Crippen LogP contribution in [0.2, 0.25) is 0 Å². The Morgan fingerprint density at radius 2 is 2.10 bits per heavy atom. The Morgan fingerprint density at radius 1 is 1.25 bits per heavy atom. The summed E-state index contributed by atoms with van der Waals surface area (Å²) in [6.07, 6.45) is 3.39. The smallest absolute Gasteiger partial charge is 0.252 e. The standard InChI is InChI=1S/C16H14N2O2/c19-10-4-7-14-6-1-2-8-15(14)16(20)18-12-13-5-3-9-17-11-13/h1-3,5-6,8-9,11,19H,10,12H2,(H,18,20). The molecule has 1 heterocycles. The average molecular weight is 266 g/mol. The van der Waals surface area contributed by atoms with Crippen molar-refractivity contribution in [1.82, 2.24) is 10.3 Å². The van der Waals surface area contributed by atoms with Crippen molar-refractivity contribution in [3.05, 3.63) is 65.5 Å². The first-order valence-electron chi connectivity index (χ1n) is 6.17. The van der Waals surface area contributed by atoms with E-state index in [0.29, 0.717) is 17.7 Å². The first kappa shape index (κ1) is 13.8. The van der Waals surface area contributed by atoms with Crippen molar-refractivity contribution >= 4 is 5.91 Å². The van der Waals surface area contributed by atoms with Gasteiger partial charge in [0.25, 0.3) is 5.91 Å². The zero-order valence-electron chi connectivity index (χ0n) is 10.8. The minimum Gasteiger partial charge on any atom is -0.384 e. The van der Waals surface area contributed by atoms with Crippen molar-refractivity contribution in [3.8, 4) is 11.8 Å². The van der Waals surface area contributed by atoms with Crippen LogP contribution in [-0.4, -0.2) is 22.6 Å². The van der Waals surface area contributed by atoms with Crippen molar-refractivity contribution in [2.75, 3.05) is 6.61 Å². The number of benzene rings is 1. The third kappa shape index (κ3) is 3.67. The second kappa shape index (κ2) is 7.07. The van der Waals surface area contributed by atoms with Gasteiger partial charge in [0.05, 0.1) is 5.56 Å². The maximum atomic E-state index is 12.1. The normalized spacial score (nSPS) is 9.45. The molecule has 1 aromatic carbocycles. The van der Waals surface area contributed by atoms with E-state index in [0.717, 1.165) is 5.56 Å². The first-order valence-corrected chi connectivity index (χ1v) is 6.17. The molecule has 0 atom stereocenters. The van der Waals surface area contributed by atoms with Crippen LogP contribution in [0.1, 0.15) is 21.5 Å². The molecule has 0 fully saturated rings. The minimum atomic E-state index is -0.231. The number of nitrogens with one attached hydrogen (secondary N) is 1. The maximum absolute atomic E-state index is 12.1. The monoisotopic (exact) mass is 266 g/mol. The van der Waals surface area contributed by atoms with E-state index in [9.17, 15) is 4.79 Å². The minimum absolute atomic E-state index is 0.198. The number of hydrogen-bond acceptors (Lipinski definition) is 3. The second-order valence-electron chi connectivity index (χ2n) is 4.05. The molecule has 0 aliphatic heterocycles. The van der Waals surface area contributed by atoms with Crippen LogP contribution >= 0.6 is 0 Å². The number of aliphatic hydroxyl groups excluding tert-OH is 1. The lowest BCUT2D eigenvalue weighted by Crippen LogP contribution is -2.23. The molecule has 0 aliphatic carbocycles. The Morgan fingerprint density at radius 3 is 2.85 bits per heavy atom. The summed E-state index contributed by atoms with van der Waals surface area (Å²) in [7, 11) is 0. The highest BCUT2D eigenvalue weighted by Gasteiger charge is 2.08. The van der Waals surface area contributed by atoms with E-state index < -0.39 is 0 Å². The van der Waals surface area contributed by atoms with Crippen LogP contribution < -0.4 is 5.32 Å². The van der Waals surface area contributed by atoms with Crippen LogP contribution in [0.25, 0.3) is 0 Å². The van der Waals surface area contributed by atoms with Gasteiger partial charge in [-0.25, -0.2) is 0 Å². The van der Waals surface area contributed by atoms with Crippen LogP contribution in [0, 0.1) is 11.8 Å². The number of aromatic nitrogens is 1. The summed E-state index contributed by atoms with van der Waals surface area (Å²) in [4.78, 5) is 16.1. The lowest BCUT2D eigenvalue weighted by Gasteiger charge is -2.06. The molecule has 0 saturated heterocycles. The molecule has 1 aromatic heterocycles. The van der Waals surface area contributed by atoms with E-state index in [-0.39, 0.29) is 12.5 Å². The highest BCUT2D eigenvalue weighted by molar-refractivity contribution is 5.96. The lowest BCUT2D eigenvalue weighted by molar-refractivity contribution is 0.0950. The van der Waals surface area contributed by atoms with Crippen molar-refractivity contribution < 1.29 is 9.90 Å². The summed E-state index contributed by atoms with van der Waals surface area (Å²) in [5.41, 5.74) is 2.03. The molecule has 0 unspecified atom stereocenters. The third-order valence-electron chi connectivity index (χ3n) is 2.65. The largest absolute Gasteiger partial charge is 0.384 e. The van der Waals surface area contributed by atoms with Crippen LogP contribution in [0.5, 0.6) is 0 Å². The highest BCUT2D eigenvalue weighted by Crippen LogP contribution is 2.07. The van der Waals surface area contributed by atoms with Gasteiger partial charge in [0.2, 0.25) is 0 Å². The molecule has 1 amide bonds. The van der Waals surface area contributed by atoms with Gasteiger partial charge in [-0.2, -0.15) is 0 Å². The van der Waals surface area contributed by atoms with Gasteiger partial charge < -0.3 is 10.4 Å². The van der Waals surface area contributed by atoms with Gasteiger partial charge >= 0.3 is 0 Å². The van der Waals surface area contributed by atoms with Gasteiger partial charge in [0, 0.05) is 24.5 Å². The molecule has 0 aliphatic rings. The van der Waals surface area contributed by atoms with Gasteiger partial charge in [-0.1, -0.05) is 30.0 Å². The molecule has 2 aromatic rings. The zero-order valence-corrected chi connectivity index (χ0v) is 10.8. The molecule has 4 heteroatoms. The molecular weight excluding hydrogens is 252 g/mol. The van der Waals surface area contributed by atoms with Gasteiger partial charge in [-0.3, -0.25) is 9.78 Å². The SMILES string of the molecule is O=C(NCc1cccnc1)c1ccccc1C#CCO. The lowest BCUT2D eigenvalue weighted by atomic mass is 10.1. The summed E-state index contributed by atoms with van der Waals surface area (Å²) in [6.45, 7) is 0.181. The van der Waals surface area contributed by atoms with E-state index >= 15 is 0 Å². The number of nitrogens with zero attached hydrogens (tertiary/aromatic N) is 1. The topological polar surface area (TPSA) is 62.2 Å². The molecule has 0 bridgehead atoms. The predicted molar refractivity (Wildman–Crippen MR) is 75.8 cm³/mol. The van der Waals surface area contributed by atoms with E-state index in [1.54, 1.807) is 36.7 Å². The maximum Gasteiger partial charge on any atom is 0.252 e. The first-order chi connectivity index (χ1) is 9.81. The Kier molecular flexibility index (Phi) is 4.87. The number of amides is 1. The number of carbonyl (C=O) groups is 1. The molecule has 2 rings (SSSR count). The van der Waals surface area contributed by atoms with Gasteiger partial charge in [-0.05, 0) is 23.8 Å². The van der Waals surface area contributed by atoms with Crippen molar-refractivity contribution in [2.45, 2.75) is 6.54 Å². The van der Waals surface area contributed by atoms with Gasteiger partial charge in [0.15, 0.2) is 0 Å². The van der Waals surface area contributed by atoms with E-state index in [1.165, 1.54) is 0 Å². The predicted octanol–water partition coefficient (Wildman–Crippen LogP) is 1.36. The quantitative estimate of drug-likeness (QED) is 0.824. The molecule has 0 saturated carbocycles. The summed E-state index contributed by atoms with van der Waals surface area (Å²) in [5, 5.41) is 11.6. The van der Waals surface area contributed by atoms with Crippen molar-refractivity contribution in [1.29, 1.82) is 0 Å². The van der Waals surface area contributed by atoms with Crippen LogP contribution in [0.4, 0.5) is 0 Å². The van der Waals surface area contributed by atoms with Gasteiger partial charge in [0.1, 0.15) is 6.61 Å². The molecule has 100 valence electrons. The molecule has 2 N–H and O–H groups in total. The molecule has 0 radical (unpaired) electrons. The van der Waals surface area contributed by atoms with E-state index in [4.69, 9.17) is 5.11 Å². The number of carbonyl (C=O) groups excluding carboxylic acids is 1. The number of aliphatic hydroxyl groups is 1. The Balaban J connectivity index is 2.09. The molecule has 4 nitrogen and oxygen atoms in total. The van der Waals surface area contributed by atoms with Crippen molar-refractivity contribution in [3.63, 3.8) is 0 Å². The molecule has 20 heavy (non-hydrogen) atoms. The Labute approximate surface area is 117 Å². The highest BCUT2D eigenvalue weighted by atomic mass is 16.2. The van der Waals surface area contributed by atoms with Crippen LogP contribution in [-0.2, 0) is 6.54 Å². The Hall–Kier alpha value is -2.64. The fourth-order valence-electron chi connectivity index (χ4n) is 1.71. The Bertz CT molecular complexity index is 642. The molecule has 0 spiro atoms. The second-order valence-corrected chi connectivity index (χ2v) is 4.05. The molecular formula is C16H14N2O2. The van der Waals surface area contributed by atoms with Crippen LogP contribution in [0.3, 0.4) is 0 Å². The zero-order chi connectivity index (χ0) is 14.2. The summed E-state index contributed by atoms with van der Waals surface area (Å²) >= 11 is 0. The number of rotatable bonds is 3. The van der Waals surface area contributed by atoms with Gasteiger partial charge in [-0.15, -0.1) is 0 Å². The van der Waals surface area contributed by atoms with Crippen LogP contribution in [0.15, 0.2) is 48.8 Å². The van der Waals surface area contributed by atoms with E-state index in [1.807, 2.05) is 12.1 Å². The number of pyridine rings is 1. The van der Waals surface area contributed by atoms with E-state index in [2.05, 4.69) is 22.1 Å². The fourth-order valence-corrected chi connectivity index (χ4v) is 1.71. The number of hydrogen-bond donors (Lipinski definition) is 2. The summed E-state index contributed by atoms with van der Waals surface area (Å²) < 4.78 is 0. The third-order valence-corrected chi connectivity index (χ3v) is 2.65. The average Bonchev–Trinajstić information content (AvgIpc) is 2.52. The fraction of sp³-hybridized carbons (Fsp3) is 0.125. The van der Waals surface area contributed by atoms with Crippen molar-refractivity contribution in [2.24, 2.45) is 0 Å².